The van der Waals surface area contributed by atoms with Gasteiger partial charge in [-0.05, 0) is 50.3 Å². The van der Waals surface area contributed by atoms with Crippen LogP contribution in [0.25, 0.3) is 0 Å². The number of nitrogens with one attached hydrogen (secondary N) is 1. The molecule has 0 spiro atoms. The van der Waals surface area contributed by atoms with Gasteiger partial charge in [-0.3, -0.25) is 0 Å². The monoisotopic (exact) mass is 249 g/mol. The van der Waals surface area contributed by atoms with Gasteiger partial charge in [-0.15, -0.1) is 0 Å². The van der Waals surface area contributed by atoms with Crippen LogP contribution in [0.5, 0.6) is 0 Å². The molecule has 18 heavy (non-hydrogen) atoms. The lowest BCUT2D eigenvalue weighted by molar-refractivity contribution is 0.248. The minimum absolute atomic E-state index is 0.316. The van der Waals surface area contributed by atoms with Crippen LogP contribution in [0.3, 0.4) is 0 Å². The summed E-state index contributed by atoms with van der Waals surface area (Å²) in [6.07, 6.45) is 5.68. The Labute approximate surface area is 111 Å². The molecule has 2 nitrogen and oxygen atoms in total. The highest BCUT2D eigenvalue weighted by Gasteiger charge is 2.05. The standard InChI is InChI=1S/C16H27NO/c1-2-7-16(11-13-18)14-17-12-6-10-15-8-4-3-5-9-15/h3-5,8-9,16-18H,2,6-7,10-14H2,1H3. The van der Waals surface area contributed by atoms with Crippen molar-refractivity contribution in [3.8, 4) is 0 Å². The first kappa shape index (κ1) is 15.2. The largest absolute Gasteiger partial charge is 0.396 e. The van der Waals surface area contributed by atoms with E-state index in [1.54, 1.807) is 0 Å². The van der Waals surface area contributed by atoms with E-state index < -0.39 is 0 Å². The summed E-state index contributed by atoms with van der Waals surface area (Å²) < 4.78 is 0. The molecule has 102 valence electrons. The first-order valence-electron chi connectivity index (χ1n) is 7.22. The van der Waals surface area contributed by atoms with Crippen LogP contribution in [0, 0.1) is 5.92 Å². The van der Waals surface area contributed by atoms with E-state index in [9.17, 15) is 0 Å². The van der Waals surface area contributed by atoms with Crippen LogP contribution in [-0.4, -0.2) is 24.8 Å². The first-order chi connectivity index (χ1) is 8.86. The molecule has 0 aliphatic carbocycles. The molecule has 0 heterocycles. The zero-order valence-corrected chi connectivity index (χ0v) is 11.6. The fourth-order valence-corrected chi connectivity index (χ4v) is 2.31. The summed E-state index contributed by atoms with van der Waals surface area (Å²) in [4.78, 5) is 0. The lowest BCUT2D eigenvalue weighted by Gasteiger charge is -2.15. The van der Waals surface area contributed by atoms with E-state index in [2.05, 4.69) is 42.6 Å². The molecule has 1 unspecified atom stereocenters. The average Bonchev–Trinajstić information content (AvgIpc) is 2.40. The van der Waals surface area contributed by atoms with Crippen LogP contribution < -0.4 is 5.32 Å². The molecule has 0 saturated carbocycles. The van der Waals surface area contributed by atoms with Crippen molar-refractivity contribution in [2.24, 2.45) is 5.92 Å². The van der Waals surface area contributed by atoms with Gasteiger partial charge in [0.15, 0.2) is 0 Å². The molecule has 2 heteroatoms. The van der Waals surface area contributed by atoms with E-state index >= 15 is 0 Å². The minimum Gasteiger partial charge on any atom is -0.396 e. The maximum atomic E-state index is 8.99. The third kappa shape index (κ3) is 6.77. The maximum Gasteiger partial charge on any atom is 0.0434 e. The van der Waals surface area contributed by atoms with Gasteiger partial charge in [-0.1, -0.05) is 43.7 Å². The number of aliphatic hydroxyl groups is 1. The zero-order valence-electron chi connectivity index (χ0n) is 11.6. The van der Waals surface area contributed by atoms with E-state index in [4.69, 9.17) is 5.11 Å². The molecule has 0 aliphatic heterocycles. The van der Waals surface area contributed by atoms with Crippen LogP contribution in [-0.2, 0) is 6.42 Å². The molecule has 1 atom stereocenters. The summed E-state index contributed by atoms with van der Waals surface area (Å²) in [6, 6.07) is 10.6. The number of hydrogen-bond donors (Lipinski definition) is 2. The van der Waals surface area contributed by atoms with Crippen LogP contribution >= 0.6 is 0 Å². The van der Waals surface area contributed by atoms with Crippen LogP contribution in [0.15, 0.2) is 30.3 Å². The van der Waals surface area contributed by atoms with Gasteiger partial charge in [-0.2, -0.15) is 0 Å². The summed E-state index contributed by atoms with van der Waals surface area (Å²) in [7, 11) is 0. The average molecular weight is 249 g/mol. The zero-order chi connectivity index (χ0) is 13.1. The summed E-state index contributed by atoms with van der Waals surface area (Å²) in [6.45, 7) is 4.64. The van der Waals surface area contributed by atoms with Gasteiger partial charge in [0.2, 0.25) is 0 Å². The fraction of sp³-hybridized carbons (Fsp3) is 0.625. The van der Waals surface area contributed by atoms with Crippen molar-refractivity contribution in [3.05, 3.63) is 35.9 Å². The van der Waals surface area contributed by atoms with E-state index in [0.717, 1.165) is 25.9 Å². The fourth-order valence-electron chi connectivity index (χ4n) is 2.31. The smallest absolute Gasteiger partial charge is 0.0434 e. The third-order valence-corrected chi connectivity index (χ3v) is 3.33. The van der Waals surface area contributed by atoms with Gasteiger partial charge in [0, 0.05) is 6.61 Å². The Hall–Kier alpha value is -0.860. The van der Waals surface area contributed by atoms with Crippen molar-refractivity contribution >= 4 is 0 Å². The van der Waals surface area contributed by atoms with Crippen LogP contribution in [0.1, 0.15) is 38.2 Å². The Kier molecular flexibility index (Phi) is 8.53. The van der Waals surface area contributed by atoms with Crippen molar-refractivity contribution in [1.29, 1.82) is 0 Å². The third-order valence-electron chi connectivity index (χ3n) is 3.33. The van der Waals surface area contributed by atoms with Gasteiger partial charge >= 0.3 is 0 Å². The Morgan fingerprint density at radius 1 is 1.17 bits per heavy atom. The van der Waals surface area contributed by atoms with Crippen molar-refractivity contribution in [2.75, 3.05) is 19.7 Å². The maximum absolute atomic E-state index is 8.99. The molecular weight excluding hydrogens is 222 g/mol. The highest BCUT2D eigenvalue weighted by molar-refractivity contribution is 5.14. The quantitative estimate of drug-likeness (QED) is 0.625. The molecule has 1 aromatic rings. The molecule has 1 aromatic carbocycles. The SMILES string of the molecule is CCCC(CCO)CNCCCc1ccccc1. The molecule has 0 amide bonds. The number of hydrogen-bond acceptors (Lipinski definition) is 2. The molecule has 0 fully saturated rings. The molecule has 1 rings (SSSR count). The number of aliphatic hydroxyl groups excluding tert-OH is 1. The summed E-state index contributed by atoms with van der Waals surface area (Å²) in [5.74, 6) is 0.636. The summed E-state index contributed by atoms with van der Waals surface area (Å²) in [5, 5.41) is 12.5. The van der Waals surface area contributed by atoms with Gasteiger partial charge in [-0.25, -0.2) is 0 Å². The molecule has 0 saturated heterocycles. The van der Waals surface area contributed by atoms with Crippen LogP contribution in [0.2, 0.25) is 0 Å². The Morgan fingerprint density at radius 2 is 1.94 bits per heavy atom. The molecular formula is C16H27NO. The van der Waals surface area contributed by atoms with E-state index in [0.29, 0.717) is 12.5 Å². The number of aryl methyl sites for hydroxylation is 1. The molecule has 0 aromatic heterocycles. The molecule has 0 bridgehead atoms. The van der Waals surface area contributed by atoms with Crippen molar-refractivity contribution in [1.82, 2.24) is 5.32 Å². The van der Waals surface area contributed by atoms with Gasteiger partial charge in [0.1, 0.15) is 0 Å². The molecule has 2 N–H and O–H groups in total. The lowest BCUT2D eigenvalue weighted by atomic mass is 10.0. The predicted octanol–water partition coefficient (Wildman–Crippen LogP) is 3.01. The van der Waals surface area contributed by atoms with Crippen molar-refractivity contribution in [2.45, 2.75) is 39.0 Å². The predicted molar refractivity (Wildman–Crippen MR) is 77.7 cm³/mol. The summed E-state index contributed by atoms with van der Waals surface area (Å²) >= 11 is 0. The van der Waals surface area contributed by atoms with E-state index in [1.807, 2.05) is 0 Å². The molecule has 0 radical (unpaired) electrons. The van der Waals surface area contributed by atoms with Gasteiger partial charge < -0.3 is 10.4 Å². The highest BCUT2D eigenvalue weighted by atomic mass is 16.3. The topological polar surface area (TPSA) is 32.3 Å². The Bertz CT molecular complexity index is 280. The van der Waals surface area contributed by atoms with Crippen molar-refractivity contribution in [3.63, 3.8) is 0 Å². The van der Waals surface area contributed by atoms with Gasteiger partial charge in [0.05, 0.1) is 0 Å². The van der Waals surface area contributed by atoms with Crippen molar-refractivity contribution < 1.29 is 5.11 Å². The highest BCUT2D eigenvalue weighted by Crippen LogP contribution is 2.09. The van der Waals surface area contributed by atoms with Crippen LogP contribution in [0.4, 0.5) is 0 Å². The molecule has 0 aliphatic rings. The van der Waals surface area contributed by atoms with E-state index in [-0.39, 0.29) is 0 Å². The number of benzene rings is 1. The minimum atomic E-state index is 0.316. The second kappa shape index (κ2) is 10.1. The summed E-state index contributed by atoms with van der Waals surface area (Å²) in [5.41, 5.74) is 1.42. The lowest BCUT2D eigenvalue weighted by Crippen LogP contribution is -2.24. The number of rotatable bonds is 10. The van der Waals surface area contributed by atoms with Gasteiger partial charge in [0.25, 0.3) is 0 Å². The Morgan fingerprint density at radius 3 is 2.61 bits per heavy atom. The Balaban J connectivity index is 2.06. The first-order valence-corrected chi connectivity index (χ1v) is 7.22. The van der Waals surface area contributed by atoms with E-state index in [1.165, 1.54) is 24.8 Å². The second-order valence-electron chi connectivity index (χ2n) is 4.96. The normalized spacial score (nSPS) is 12.6. The second-order valence-corrected chi connectivity index (χ2v) is 4.96.